The van der Waals surface area contributed by atoms with Crippen molar-refractivity contribution in [2.24, 2.45) is 0 Å². The summed E-state index contributed by atoms with van der Waals surface area (Å²) in [6.07, 6.45) is 10.2. The SMILES string of the molecule is [Ru].c1cc[n+](-c2cccc[n+]2-[n+]2ccccc2)cc1. The van der Waals surface area contributed by atoms with Crippen LogP contribution in [0.1, 0.15) is 0 Å². The molecule has 19 heavy (non-hydrogen) atoms. The van der Waals surface area contributed by atoms with E-state index in [2.05, 4.69) is 15.3 Å². The summed E-state index contributed by atoms with van der Waals surface area (Å²) in [6, 6.07) is 18.2. The Hall–Kier alpha value is -1.93. The summed E-state index contributed by atoms with van der Waals surface area (Å²) < 4.78 is 6.20. The second kappa shape index (κ2) is 6.30. The fraction of sp³-hybridized carbons (Fsp3) is 0. The molecule has 94 valence electrons. The van der Waals surface area contributed by atoms with Crippen LogP contribution in [-0.4, -0.2) is 0 Å². The molecule has 0 spiro atoms. The first-order chi connectivity index (χ1) is 8.95. The molecule has 0 unspecified atom stereocenters. The van der Waals surface area contributed by atoms with E-state index in [1.807, 2.05) is 84.2 Å². The van der Waals surface area contributed by atoms with E-state index in [1.165, 1.54) is 0 Å². The minimum Gasteiger partial charge on any atom is -0.106 e. The summed E-state index contributed by atoms with van der Waals surface area (Å²) in [7, 11) is 0. The maximum atomic E-state index is 2.08. The first kappa shape index (κ1) is 13.5. The van der Waals surface area contributed by atoms with E-state index in [9.17, 15) is 0 Å². The maximum absolute atomic E-state index is 2.08. The van der Waals surface area contributed by atoms with Crippen molar-refractivity contribution in [3.05, 3.63) is 85.6 Å². The smallest absolute Gasteiger partial charge is 0.106 e. The number of pyridine rings is 3. The van der Waals surface area contributed by atoms with Crippen LogP contribution in [-0.2, 0) is 19.5 Å². The molecule has 0 aliphatic carbocycles. The van der Waals surface area contributed by atoms with Crippen LogP contribution in [0.3, 0.4) is 0 Å². The summed E-state index contributed by atoms with van der Waals surface area (Å²) in [4.78, 5) is 0. The Morgan fingerprint density at radius 1 is 0.579 bits per heavy atom. The monoisotopic (exact) mass is 338 g/mol. The van der Waals surface area contributed by atoms with Crippen LogP contribution in [0, 0.1) is 0 Å². The average Bonchev–Trinajstić information content (AvgIpc) is 2.49. The largest absolute Gasteiger partial charge is 0.513 e. The molecule has 0 radical (unpaired) electrons. The van der Waals surface area contributed by atoms with Crippen molar-refractivity contribution in [1.82, 2.24) is 0 Å². The van der Waals surface area contributed by atoms with E-state index in [0.29, 0.717) is 0 Å². The summed E-state index contributed by atoms with van der Waals surface area (Å²) in [5.74, 6) is 1.08. The average molecular weight is 337 g/mol. The predicted octanol–water partition coefficient (Wildman–Crippen LogP) is 0.847. The number of rotatable bonds is 2. The summed E-state index contributed by atoms with van der Waals surface area (Å²) in [5, 5.41) is 0. The number of hydrogen-bond acceptors (Lipinski definition) is 0. The Bertz CT molecular complexity index is 583. The van der Waals surface area contributed by atoms with Gasteiger partial charge in [-0.05, 0) is 12.1 Å². The van der Waals surface area contributed by atoms with Crippen molar-refractivity contribution in [2.45, 2.75) is 0 Å². The summed E-state index contributed by atoms with van der Waals surface area (Å²) >= 11 is 0. The first-order valence-corrected chi connectivity index (χ1v) is 5.89. The van der Waals surface area contributed by atoms with Crippen LogP contribution in [0.4, 0.5) is 0 Å². The van der Waals surface area contributed by atoms with Gasteiger partial charge < -0.3 is 0 Å². The molecule has 0 aromatic carbocycles. The van der Waals surface area contributed by atoms with Crippen molar-refractivity contribution in [1.29, 1.82) is 0 Å². The minimum absolute atomic E-state index is 0. The zero-order chi connectivity index (χ0) is 12.2. The normalized spacial score (nSPS) is 9.68. The molecule has 3 heterocycles. The predicted molar refractivity (Wildman–Crippen MR) is 65.6 cm³/mol. The Kier molecular flexibility index (Phi) is 4.48. The molecule has 0 atom stereocenters. The third-order valence-electron chi connectivity index (χ3n) is 2.75. The van der Waals surface area contributed by atoms with Crippen LogP contribution < -0.4 is 13.9 Å². The van der Waals surface area contributed by atoms with Gasteiger partial charge in [-0.15, -0.1) is 4.57 Å². The van der Waals surface area contributed by atoms with Crippen LogP contribution in [0.5, 0.6) is 0 Å². The molecule has 3 rings (SSSR count). The summed E-state index contributed by atoms with van der Waals surface area (Å²) in [6.45, 7) is 0. The second-order valence-corrected chi connectivity index (χ2v) is 3.94. The minimum atomic E-state index is 0. The Morgan fingerprint density at radius 3 is 1.84 bits per heavy atom. The van der Waals surface area contributed by atoms with E-state index in [4.69, 9.17) is 0 Å². The standard InChI is InChI=1S/C15H14N3.Ru/c1-4-10-16(11-5-1)15-9-3-8-14-18(15)17-12-6-2-7-13-17;/h1-14H;/q+3;. The number of aromatic nitrogens is 3. The molecular weight excluding hydrogens is 323 g/mol. The van der Waals surface area contributed by atoms with Gasteiger partial charge in [-0.1, -0.05) is 6.07 Å². The number of nitrogens with zero attached hydrogens (tertiary/aromatic N) is 3. The van der Waals surface area contributed by atoms with Gasteiger partial charge in [0.25, 0.3) is 0 Å². The molecule has 4 heteroatoms. The van der Waals surface area contributed by atoms with Gasteiger partial charge in [0.15, 0.2) is 12.4 Å². The fourth-order valence-electron chi connectivity index (χ4n) is 1.91. The van der Waals surface area contributed by atoms with Gasteiger partial charge in [-0.25, -0.2) is 0 Å². The fourth-order valence-corrected chi connectivity index (χ4v) is 1.91. The van der Waals surface area contributed by atoms with Crippen molar-refractivity contribution in [3.63, 3.8) is 0 Å². The third-order valence-corrected chi connectivity index (χ3v) is 2.75. The first-order valence-electron chi connectivity index (χ1n) is 5.89. The molecule has 3 aromatic heterocycles. The molecule has 3 aromatic rings. The van der Waals surface area contributed by atoms with Crippen LogP contribution >= 0.6 is 0 Å². The van der Waals surface area contributed by atoms with Gasteiger partial charge in [0.1, 0.15) is 4.68 Å². The van der Waals surface area contributed by atoms with Gasteiger partial charge in [-0.3, -0.25) is 0 Å². The molecule has 0 N–H and O–H groups in total. The zero-order valence-electron chi connectivity index (χ0n) is 10.3. The van der Waals surface area contributed by atoms with Crippen LogP contribution in [0.25, 0.3) is 5.82 Å². The molecule has 0 aliphatic rings. The van der Waals surface area contributed by atoms with Gasteiger partial charge in [0.2, 0.25) is 18.6 Å². The molecule has 0 saturated heterocycles. The van der Waals surface area contributed by atoms with Gasteiger partial charge in [-0.2, -0.15) is 0 Å². The van der Waals surface area contributed by atoms with Crippen molar-refractivity contribution >= 4 is 0 Å². The van der Waals surface area contributed by atoms with Crippen molar-refractivity contribution in [3.8, 4) is 5.82 Å². The molecule has 3 nitrogen and oxygen atoms in total. The quantitative estimate of drug-likeness (QED) is 0.485. The molecule has 0 aliphatic heterocycles. The Morgan fingerprint density at radius 2 is 1.16 bits per heavy atom. The molecule has 0 amide bonds. The molecule has 0 saturated carbocycles. The van der Waals surface area contributed by atoms with Gasteiger partial charge in [0, 0.05) is 49.8 Å². The van der Waals surface area contributed by atoms with Gasteiger partial charge in [0.05, 0.1) is 10.7 Å². The maximum Gasteiger partial charge on any atom is 0.513 e. The van der Waals surface area contributed by atoms with E-state index in [1.54, 1.807) is 0 Å². The molecule has 0 fully saturated rings. The van der Waals surface area contributed by atoms with Crippen molar-refractivity contribution in [2.75, 3.05) is 0 Å². The van der Waals surface area contributed by atoms with E-state index in [0.717, 1.165) is 5.82 Å². The van der Waals surface area contributed by atoms with E-state index < -0.39 is 0 Å². The third kappa shape index (κ3) is 2.91. The van der Waals surface area contributed by atoms with Crippen molar-refractivity contribution < 1.29 is 33.4 Å². The number of hydrogen-bond donors (Lipinski definition) is 0. The Labute approximate surface area is 125 Å². The van der Waals surface area contributed by atoms with E-state index >= 15 is 0 Å². The van der Waals surface area contributed by atoms with Gasteiger partial charge >= 0.3 is 5.82 Å². The Balaban J connectivity index is 0.00000133. The molecular formula is C15H14N3Ru+3. The van der Waals surface area contributed by atoms with E-state index in [-0.39, 0.29) is 19.5 Å². The second-order valence-electron chi connectivity index (χ2n) is 3.94. The molecule has 0 bridgehead atoms. The zero-order valence-corrected chi connectivity index (χ0v) is 12.0. The van der Waals surface area contributed by atoms with Crippen LogP contribution in [0.2, 0.25) is 0 Å². The summed E-state index contributed by atoms with van der Waals surface area (Å²) in [5.41, 5.74) is 0. The topological polar surface area (TPSA) is 11.6 Å². The van der Waals surface area contributed by atoms with Crippen LogP contribution in [0.15, 0.2) is 85.6 Å².